The minimum absolute atomic E-state index is 0.0211. The van der Waals surface area contributed by atoms with Crippen LogP contribution in [-0.4, -0.2) is 0 Å². The van der Waals surface area contributed by atoms with Gasteiger partial charge < -0.3 is 0 Å². The van der Waals surface area contributed by atoms with E-state index in [1.54, 1.807) is 11.6 Å². The van der Waals surface area contributed by atoms with Crippen LogP contribution in [0.4, 0.5) is 8.78 Å². The first-order chi connectivity index (χ1) is 15.1. The van der Waals surface area contributed by atoms with Gasteiger partial charge in [0.1, 0.15) is 17.7 Å². The third-order valence-electron chi connectivity index (χ3n) is 7.51. The maximum Gasteiger partial charge on any atom is 0.141 e. The standard InChI is InChI=1S/C28H33F2N/c1-2-3-4-5-6-7-19-8-12-24-20(14-19)9-10-21-15-22(11-13-25(21)24)26-17-27(29)23(18-31)16-28(26)30/h9-10,16-17,19,22H,2-8,11-15H2,1H3. The Morgan fingerprint density at radius 1 is 0.903 bits per heavy atom. The van der Waals surface area contributed by atoms with Gasteiger partial charge in [0.05, 0.1) is 5.56 Å². The zero-order chi connectivity index (χ0) is 21.8. The van der Waals surface area contributed by atoms with Crippen molar-refractivity contribution in [2.75, 3.05) is 0 Å². The van der Waals surface area contributed by atoms with E-state index in [9.17, 15) is 8.78 Å². The lowest BCUT2D eigenvalue weighted by Gasteiger charge is -2.32. The van der Waals surface area contributed by atoms with Crippen LogP contribution in [0.5, 0.6) is 0 Å². The predicted octanol–water partition coefficient (Wildman–Crippen LogP) is 7.57. The Labute approximate surface area is 185 Å². The van der Waals surface area contributed by atoms with Crippen molar-refractivity contribution in [1.82, 2.24) is 0 Å². The average molecular weight is 422 g/mol. The van der Waals surface area contributed by atoms with Gasteiger partial charge in [-0.2, -0.15) is 5.26 Å². The molecule has 0 N–H and O–H groups in total. The highest BCUT2D eigenvalue weighted by Gasteiger charge is 2.28. The summed E-state index contributed by atoms with van der Waals surface area (Å²) in [4.78, 5) is 0. The first-order valence-corrected chi connectivity index (χ1v) is 12.1. The minimum Gasteiger partial charge on any atom is -0.207 e. The molecule has 0 aliphatic heterocycles. The van der Waals surface area contributed by atoms with Gasteiger partial charge in [0.2, 0.25) is 0 Å². The fourth-order valence-corrected chi connectivity index (χ4v) is 5.75. The van der Waals surface area contributed by atoms with Crippen LogP contribution in [0.2, 0.25) is 0 Å². The lowest BCUT2D eigenvalue weighted by molar-refractivity contribution is 0.402. The van der Waals surface area contributed by atoms with Crippen LogP contribution in [0.15, 0.2) is 24.3 Å². The van der Waals surface area contributed by atoms with E-state index >= 15 is 0 Å². The molecule has 2 unspecified atom stereocenters. The van der Waals surface area contributed by atoms with E-state index in [0.717, 1.165) is 31.2 Å². The van der Waals surface area contributed by atoms with Gasteiger partial charge in [-0.1, -0.05) is 57.6 Å². The van der Waals surface area contributed by atoms with E-state index in [2.05, 4.69) is 19.1 Å². The SMILES string of the molecule is CCCCCCCC1CCc2c(ccc3c2CCC(c2cc(F)c(C#N)cc2F)C3)C1. The number of halogens is 2. The molecule has 0 aromatic heterocycles. The highest BCUT2D eigenvalue weighted by Crippen LogP contribution is 2.40. The Morgan fingerprint density at radius 2 is 1.61 bits per heavy atom. The number of nitrogens with zero attached hydrogens (tertiary/aromatic N) is 1. The van der Waals surface area contributed by atoms with Gasteiger partial charge in [0.25, 0.3) is 0 Å². The number of rotatable bonds is 7. The lowest BCUT2D eigenvalue weighted by Crippen LogP contribution is -2.21. The summed E-state index contributed by atoms with van der Waals surface area (Å²) < 4.78 is 28.6. The molecular weight excluding hydrogens is 388 g/mol. The molecule has 0 spiro atoms. The van der Waals surface area contributed by atoms with Gasteiger partial charge in [-0.25, -0.2) is 8.78 Å². The van der Waals surface area contributed by atoms with Crippen LogP contribution in [0.25, 0.3) is 0 Å². The third-order valence-corrected chi connectivity index (χ3v) is 7.51. The summed E-state index contributed by atoms with van der Waals surface area (Å²) in [6.07, 6.45) is 14.3. The molecule has 0 saturated heterocycles. The van der Waals surface area contributed by atoms with Crippen molar-refractivity contribution in [1.29, 1.82) is 5.26 Å². The normalized spacial score (nSPS) is 20.1. The molecule has 164 valence electrons. The Bertz CT molecular complexity index is 972. The molecule has 0 radical (unpaired) electrons. The smallest absolute Gasteiger partial charge is 0.141 e. The van der Waals surface area contributed by atoms with Crippen LogP contribution >= 0.6 is 0 Å². The van der Waals surface area contributed by atoms with E-state index in [1.165, 1.54) is 80.5 Å². The fraction of sp³-hybridized carbons (Fsp3) is 0.536. The first kappa shape index (κ1) is 22.0. The summed E-state index contributed by atoms with van der Waals surface area (Å²) in [6.45, 7) is 2.26. The van der Waals surface area contributed by atoms with Crippen LogP contribution in [0.3, 0.4) is 0 Å². The van der Waals surface area contributed by atoms with Crippen LogP contribution in [-0.2, 0) is 25.7 Å². The van der Waals surface area contributed by atoms with Crippen molar-refractivity contribution >= 4 is 0 Å². The highest BCUT2D eigenvalue weighted by atomic mass is 19.1. The number of hydrogen-bond donors (Lipinski definition) is 0. The second-order valence-electron chi connectivity index (χ2n) is 9.56. The summed E-state index contributed by atoms with van der Waals surface area (Å²) in [5.74, 6) is -0.270. The third kappa shape index (κ3) is 4.84. The molecule has 2 atom stereocenters. The van der Waals surface area contributed by atoms with E-state index in [4.69, 9.17) is 5.26 Å². The number of nitriles is 1. The van der Waals surface area contributed by atoms with Gasteiger partial charge in [0, 0.05) is 0 Å². The number of fused-ring (bicyclic) bond motifs is 3. The molecule has 1 nitrogen and oxygen atoms in total. The largest absolute Gasteiger partial charge is 0.207 e. The lowest BCUT2D eigenvalue weighted by atomic mass is 9.73. The first-order valence-electron chi connectivity index (χ1n) is 12.1. The second kappa shape index (κ2) is 9.94. The van der Waals surface area contributed by atoms with Crippen molar-refractivity contribution in [3.8, 4) is 6.07 Å². The molecule has 0 amide bonds. The second-order valence-corrected chi connectivity index (χ2v) is 9.56. The minimum atomic E-state index is -0.615. The maximum atomic E-state index is 14.5. The average Bonchev–Trinajstić information content (AvgIpc) is 2.79. The van der Waals surface area contributed by atoms with Crippen molar-refractivity contribution in [2.24, 2.45) is 5.92 Å². The van der Waals surface area contributed by atoms with Crippen molar-refractivity contribution in [3.05, 3.63) is 69.3 Å². The summed E-state index contributed by atoms with van der Waals surface area (Å²) in [5, 5.41) is 8.93. The molecule has 2 aliphatic rings. The van der Waals surface area contributed by atoms with Crippen LogP contribution in [0.1, 0.15) is 97.6 Å². The molecule has 4 rings (SSSR count). The molecule has 0 heterocycles. The molecule has 2 aromatic rings. The molecule has 31 heavy (non-hydrogen) atoms. The number of unbranched alkanes of at least 4 members (excludes halogenated alkanes) is 4. The van der Waals surface area contributed by atoms with E-state index in [-0.39, 0.29) is 11.5 Å². The van der Waals surface area contributed by atoms with E-state index in [1.807, 2.05) is 0 Å². The van der Waals surface area contributed by atoms with Crippen molar-refractivity contribution < 1.29 is 8.78 Å². The van der Waals surface area contributed by atoms with E-state index < -0.39 is 11.6 Å². The number of benzene rings is 2. The summed E-state index contributed by atoms with van der Waals surface area (Å²) in [7, 11) is 0. The molecule has 3 heteroatoms. The molecule has 0 bridgehead atoms. The van der Waals surface area contributed by atoms with Crippen LogP contribution < -0.4 is 0 Å². The summed E-state index contributed by atoms with van der Waals surface area (Å²) in [5.41, 5.74) is 6.05. The van der Waals surface area contributed by atoms with Crippen molar-refractivity contribution in [2.45, 2.75) is 89.9 Å². The summed E-state index contributed by atoms with van der Waals surface area (Å²) in [6, 6.07) is 8.56. The Balaban J connectivity index is 1.44. The van der Waals surface area contributed by atoms with Gasteiger partial charge >= 0.3 is 0 Å². The Hall–Kier alpha value is -2.21. The molecule has 0 fully saturated rings. The zero-order valence-corrected chi connectivity index (χ0v) is 18.7. The monoisotopic (exact) mass is 421 g/mol. The highest BCUT2D eigenvalue weighted by molar-refractivity contribution is 5.46. The van der Waals surface area contributed by atoms with Gasteiger partial charge in [-0.15, -0.1) is 0 Å². The predicted molar refractivity (Wildman–Crippen MR) is 121 cm³/mol. The molecule has 2 aromatic carbocycles. The molecule has 2 aliphatic carbocycles. The Morgan fingerprint density at radius 3 is 2.35 bits per heavy atom. The van der Waals surface area contributed by atoms with Crippen molar-refractivity contribution in [3.63, 3.8) is 0 Å². The van der Waals surface area contributed by atoms with Gasteiger partial charge in [-0.3, -0.25) is 0 Å². The van der Waals surface area contributed by atoms with Gasteiger partial charge in [-0.05, 0) is 90.3 Å². The van der Waals surface area contributed by atoms with Crippen LogP contribution in [0, 0.1) is 28.9 Å². The number of hydrogen-bond acceptors (Lipinski definition) is 1. The quantitative estimate of drug-likeness (QED) is 0.423. The fourth-order valence-electron chi connectivity index (χ4n) is 5.75. The molecular formula is C28H33F2N. The molecule has 0 saturated carbocycles. The van der Waals surface area contributed by atoms with E-state index in [0.29, 0.717) is 5.56 Å². The Kier molecular flexibility index (Phi) is 7.06. The summed E-state index contributed by atoms with van der Waals surface area (Å²) >= 11 is 0. The van der Waals surface area contributed by atoms with Gasteiger partial charge in [0.15, 0.2) is 0 Å². The maximum absolute atomic E-state index is 14.5. The zero-order valence-electron chi connectivity index (χ0n) is 18.7. The topological polar surface area (TPSA) is 23.8 Å².